The number of rotatable bonds is 1. The highest BCUT2D eigenvalue weighted by Gasteiger charge is 2.77. The first-order chi connectivity index (χ1) is 12.8. The van der Waals surface area contributed by atoms with Crippen molar-refractivity contribution >= 4 is 17.5 Å². The van der Waals surface area contributed by atoms with Crippen molar-refractivity contribution in [2.75, 3.05) is 0 Å². The van der Waals surface area contributed by atoms with Gasteiger partial charge in [-0.05, 0) is 49.3 Å². The van der Waals surface area contributed by atoms with Gasteiger partial charge in [-0.3, -0.25) is 9.59 Å². The molecule has 4 rings (SSSR count). The molecule has 8 atom stereocenters. The molecule has 0 aromatic heterocycles. The molecule has 0 saturated heterocycles. The number of allylic oxidation sites excluding steroid dienone is 4. The van der Waals surface area contributed by atoms with E-state index in [1.165, 1.54) is 19.9 Å². The second kappa shape index (κ2) is 5.38. The molecule has 5 nitrogen and oxygen atoms in total. The fourth-order valence-corrected chi connectivity index (χ4v) is 6.73. The third kappa shape index (κ3) is 1.86. The van der Waals surface area contributed by atoms with E-state index in [1.54, 1.807) is 6.92 Å². The summed E-state index contributed by atoms with van der Waals surface area (Å²) < 4.78 is 31.8. The van der Waals surface area contributed by atoms with Crippen LogP contribution in [-0.4, -0.2) is 45.2 Å². The van der Waals surface area contributed by atoms with Crippen molar-refractivity contribution in [2.24, 2.45) is 28.6 Å². The van der Waals surface area contributed by atoms with Crippen molar-refractivity contribution in [2.45, 2.75) is 57.5 Å². The van der Waals surface area contributed by atoms with Gasteiger partial charge in [0.2, 0.25) is 0 Å². The van der Waals surface area contributed by atoms with Crippen LogP contribution in [0.4, 0.5) is 8.78 Å². The fraction of sp³-hybridized carbons (Fsp3) is 0.667. The maximum atomic E-state index is 16.7. The first kappa shape index (κ1) is 19.4. The van der Waals surface area contributed by atoms with Crippen LogP contribution in [0, 0.1) is 28.6 Å². The molecule has 0 amide bonds. The number of Topliss-reactive ketones (excluding diaryl/α,β-unsaturated/α-hetero) is 1. The Kier molecular flexibility index (Phi) is 3.73. The summed E-state index contributed by atoms with van der Waals surface area (Å²) in [5.74, 6) is -5.17. The zero-order valence-corrected chi connectivity index (χ0v) is 16.0. The number of aliphatic hydroxyl groups is 1. The SMILES string of the molecule is C[C@@H]1C[C@H]2[C@@H]3C[C@H](F)C4=CC(=O)C=C[C@]4(C)[C@@]3(F)C(=O)C[C@]2(C)[C@]1(O)C(=O)O. The monoisotopic (exact) mass is 394 g/mol. The van der Waals surface area contributed by atoms with Gasteiger partial charge in [0.1, 0.15) is 6.17 Å². The molecule has 3 saturated carbocycles. The Labute approximate surface area is 161 Å². The van der Waals surface area contributed by atoms with Gasteiger partial charge in [0.05, 0.1) is 5.41 Å². The van der Waals surface area contributed by atoms with Crippen molar-refractivity contribution < 1.29 is 33.4 Å². The first-order valence-electron chi connectivity index (χ1n) is 9.61. The van der Waals surface area contributed by atoms with Crippen LogP contribution < -0.4 is 0 Å². The Hall–Kier alpha value is -1.89. The highest BCUT2D eigenvalue weighted by atomic mass is 19.1. The number of carbonyl (C=O) groups excluding carboxylic acids is 2. The lowest BCUT2D eigenvalue weighted by Gasteiger charge is -2.59. The molecule has 0 heterocycles. The molecule has 7 heteroatoms. The van der Waals surface area contributed by atoms with Gasteiger partial charge in [0, 0.05) is 17.8 Å². The Bertz CT molecular complexity index is 865. The molecule has 4 aliphatic carbocycles. The van der Waals surface area contributed by atoms with Gasteiger partial charge in [-0.25, -0.2) is 13.6 Å². The number of halogens is 2. The van der Waals surface area contributed by atoms with E-state index < -0.39 is 70.0 Å². The summed E-state index contributed by atoms with van der Waals surface area (Å²) >= 11 is 0. The Morgan fingerprint density at radius 2 is 1.86 bits per heavy atom. The van der Waals surface area contributed by atoms with Crippen molar-refractivity contribution in [3.8, 4) is 0 Å². The molecule has 0 spiro atoms. The smallest absolute Gasteiger partial charge is 0.336 e. The number of fused-ring (bicyclic) bond motifs is 5. The molecule has 4 aliphatic rings. The van der Waals surface area contributed by atoms with Gasteiger partial charge in [0.25, 0.3) is 0 Å². The zero-order valence-electron chi connectivity index (χ0n) is 16.0. The predicted molar refractivity (Wildman–Crippen MR) is 94.8 cm³/mol. The molecule has 0 radical (unpaired) electrons. The molecule has 0 aliphatic heterocycles. The van der Waals surface area contributed by atoms with Crippen molar-refractivity contribution in [3.63, 3.8) is 0 Å². The fourth-order valence-electron chi connectivity index (χ4n) is 6.73. The van der Waals surface area contributed by atoms with E-state index in [9.17, 15) is 24.6 Å². The van der Waals surface area contributed by atoms with Gasteiger partial charge < -0.3 is 10.2 Å². The summed E-state index contributed by atoms with van der Waals surface area (Å²) in [4.78, 5) is 36.9. The van der Waals surface area contributed by atoms with Crippen LogP contribution in [-0.2, 0) is 14.4 Å². The number of carbonyl (C=O) groups is 3. The normalized spacial score (nSPS) is 52.6. The lowest BCUT2D eigenvalue weighted by atomic mass is 9.45. The third-order valence-corrected chi connectivity index (χ3v) is 8.30. The average molecular weight is 394 g/mol. The molecule has 28 heavy (non-hydrogen) atoms. The number of carboxylic acids is 1. The largest absolute Gasteiger partial charge is 0.479 e. The lowest BCUT2D eigenvalue weighted by molar-refractivity contribution is -0.198. The number of hydrogen-bond acceptors (Lipinski definition) is 4. The maximum Gasteiger partial charge on any atom is 0.336 e. The number of ketones is 2. The van der Waals surface area contributed by atoms with E-state index in [-0.39, 0.29) is 18.4 Å². The van der Waals surface area contributed by atoms with Crippen LogP contribution >= 0.6 is 0 Å². The highest BCUT2D eigenvalue weighted by molar-refractivity contribution is 6.03. The minimum Gasteiger partial charge on any atom is -0.479 e. The highest BCUT2D eigenvalue weighted by Crippen LogP contribution is 2.69. The predicted octanol–water partition coefficient (Wildman–Crippen LogP) is 2.58. The van der Waals surface area contributed by atoms with Gasteiger partial charge in [-0.1, -0.05) is 19.9 Å². The summed E-state index contributed by atoms with van der Waals surface area (Å²) in [5, 5.41) is 20.8. The summed E-state index contributed by atoms with van der Waals surface area (Å²) in [6, 6.07) is 0. The van der Waals surface area contributed by atoms with Crippen molar-refractivity contribution in [1.29, 1.82) is 0 Å². The van der Waals surface area contributed by atoms with E-state index in [0.29, 0.717) is 0 Å². The Balaban J connectivity index is 1.90. The Morgan fingerprint density at radius 1 is 1.21 bits per heavy atom. The van der Waals surface area contributed by atoms with E-state index in [0.717, 1.165) is 12.2 Å². The van der Waals surface area contributed by atoms with Gasteiger partial charge in [-0.2, -0.15) is 0 Å². The number of carboxylic acid groups (broad SMARTS) is 1. The minimum atomic E-state index is -2.45. The van der Waals surface area contributed by atoms with Crippen LogP contribution in [0.25, 0.3) is 0 Å². The van der Waals surface area contributed by atoms with Crippen LogP contribution in [0.5, 0.6) is 0 Å². The van der Waals surface area contributed by atoms with E-state index >= 15 is 8.78 Å². The van der Waals surface area contributed by atoms with Crippen LogP contribution in [0.2, 0.25) is 0 Å². The third-order valence-electron chi connectivity index (χ3n) is 8.30. The van der Waals surface area contributed by atoms with Gasteiger partial charge >= 0.3 is 5.97 Å². The summed E-state index contributed by atoms with van der Waals surface area (Å²) in [6.07, 6.45) is 1.34. The molecular formula is C21H24F2O5. The van der Waals surface area contributed by atoms with Gasteiger partial charge in [-0.15, -0.1) is 0 Å². The average Bonchev–Trinajstić information content (AvgIpc) is 2.81. The molecule has 0 aromatic rings. The van der Waals surface area contributed by atoms with Crippen LogP contribution in [0.15, 0.2) is 23.8 Å². The number of alkyl halides is 2. The number of hydrogen-bond donors (Lipinski definition) is 2. The molecule has 3 fully saturated rings. The van der Waals surface area contributed by atoms with E-state index in [2.05, 4.69) is 0 Å². The first-order valence-corrected chi connectivity index (χ1v) is 9.61. The lowest BCUT2D eigenvalue weighted by Crippen LogP contribution is -2.69. The summed E-state index contributed by atoms with van der Waals surface area (Å²) in [7, 11) is 0. The van der Waals surface area contributed by atoms with Crippen molar-refractivity contribution in [1.82, 2.24) is 0 Å². The second-order valence-electron chi connectivity index (χ2n) is 9.39. The maximum absolute atomic E-state index is 16.7. The van der Waals surface area contributed by atoms with Crippen LogP contribution in [0.3, 0.4) is 0 Å². The summed E-state index contributed by atoms with van der Waals surface area (Å²) in [6.45, 7) is 4.51. The summed E-state index contributed by atoms with van der Waals surface area (Å²) in [5.41, 5.74) is -7.66. The number of aliphatic carboxylic acids is 1. The molecule has 0 bridgehead atoms. The second-order valence-corrected chi connectivity index (χ2v) is 9.39. The molecule has 152 valence electrons. The van der Waals surface area contributed by atoms with Crippen molar-refractivity contribution in [3.05, 3.63) is 23.8 Å². The van der Waals surface area contributed by atoms with Gasteiger partial charge in [0.15, 0.2) is 22.8 Å². The quantitative estimate of drug-likeness (QED) is 0.713. The van der Waals surface area contributed by atoms with Crippen LogP contribution in [0.1, 0.15) is 40.0 Å². The van der Waals surface area contributed by atoms with E-state index in [4.69, 9.17) is 0 Å². The molecule has 0 unspecified atom stereocenters. The zero-order chi connectivity index (χ0) is 20.9. The molecule has 0 aromatic carbocycles. The molecular weight excluding hydrogens is 370 g/mol. The Morgan fingerprint density at radius 3 is 2.46 bits per heavy atom. The molecule has 2 N–H and O–H groups in total. The standard InChI is InChI=1S/C21H24F2O5/c1-10-6-12-13-8-15(22)14-7-11(24)4-5-18(14,2)20(13,23)16(25)9-19(12,3)21(10,28)17(26)27/h4-5,7,10,12-13,15,28H,6,8-9H2,1-3H3,(H,26,27)/t10-,12+,13+,15+,18+,19+,20+,21-/m1/s1. The minimum absolute atomic E-state index is 0.0322. The topological polar surface area (TPSA) is 91.7 Å². The van der Waals surface area contributed by atoms with E-state index in [1.807, 2.05) is 0 Å².